The molecule has 1 aromatic carbocycles. The fraction of sp³-hybridized carbons (Fsp3) is 0. The number of aromatic nitrogens is 1. The number of hydrogen-bond donors (Lipinski definition) is 1. The van der Waals surface area contributed by atoms with E-state index in [1.165, 1.54) is 12.1 Å². The first kappa shape index (κ1) is 14.8. The van der Waals surface area contributed by atoms with Gasteiger partial charge in [-0.15, -0.1) is 0 Å². The largest absolute Gasteiger partial charge is 0.321 e. The summed E-state index contributed by atoms with van der Waals surface area (Å²) in [7, 11) is 0. The molecule has 0 aliphatic heterocycles. The number of carbonyl (C=O) groups is 1. The molecule has 0 atom stereocenters. The molecule has 0 unspecified atom stereocenters. The Bertz CT molecular complexity index is 629. The summed E-state index contributed by atoms with van der Waals surface area (Å²) in [5.41, 5.74) is 0.843. The Kier molecular flexibility index (Phi) is 4.89. The molecular weight excluding hydrogens is 421 g/mol. The minimum absolute atomic E-state index is 0.159. The molecule has 1 heterocycles. The summed E-state index contributed by atoms with van der Waals surface area (Å²) >= 11 is 19.7. The lowest BCUT2D eigenvalue weighted by Crippen LogP contribution is -2.12. The van der Waals surface area contributed by atoms with E-state index < -0.39 is 0 Å². The van der Waals surface area contributed by atoms with Crippen molar-refractivity contribution in [3.8, 4) is 0 Å². The molecule has 0 aliphatic carbocycles. The lowest BCUT2D eigenvalue weighted by atomic mass is 10.2. The van der Waals surface area contributed by atoms with Gasteiger partial charge in [0.15, 0.2) is 0 Å². The molecule has 0 bridgehead atoms. The Morgan fingerprint density at radius 2 is 1.74 bits per heavy atom. The Morgan fingerprint density at radius 3 is 2.32 bits per heavy atom. The van der Waals surface area contributed by atoms with Gasteiger partial charge in [0.05, 0.1) is 10.7 Å². The predicted molar refractivity (Wildman–Crippen MR) is 86.4 cm³/mol. The number of hydrogen-bond acceptors (Lipinski definition) is 2. The van der Waals surface area contributed by atoms with Crippen LogP contribution in [-0.4, -0.2) is 10.9 Å². The summed E-state index contributed by atoms with van der Waals surface area (Å²) in [5.74, 6) is -0.352. The number of nitrogens with zero attached hydrogens (tertiary/aromatic N) is 1. The number of halogens is 4. The molecule has 0 saturated heterocycles. The van der Waals surface area contributed by atoms with Crippen LogP contribution in [0.15, 0.2) is 30.3 Å². The fourth-order valence-corrected chi connectivity index (χ4v) is 2.74. The predicted octanol–water partition coefficient (Wildman–Crippen LogP) is 4.90. The van der Waals surface area contributed by atoms with Gasteiger partial charge in [-0.25, -0.2) is 4.98 Å². The maximum absolute atomic E-state index is 12.0. The van der Waals surface area contributed by atoms with Crippen molar-refractivity contribution in [1.29, 1.82) is 0 Å². The minimum atomic E-state index is -0.352. The van der Waals surface area contributed by atoms with Crippen molar-refractivity contribution in [3.63, 3.8) is 0 Å². The second-order valence-electron chi connectivity index (χ2n) is 3.58. The molecule has 0 spiro atoms. The van der Waals surface area contributed by atoms with Crippen LogP contribution >= 0.6 is 57.4 Å². The SMILES string of the molecule is O=C(Nc1ccc(I)cc1Cl)c1cc(Cl)nc(Cl)c1. The van der Waals surface area contributed by atoms with Gasteiger partial charge in [-0.2, -0.15) is 0 Å². The van der Waals surface area contributed by atoms with Gasteiger partial charge in [-0.3, -0.25) is 4.79 Å². The first-order valence-corrected chi connectivity index (χ1v) is 7.26. The standard InChI is InChI=1S/C12H6Cl3IN2O/c13-8-5-7(16)1-2-9(8)17-12(19)6-3-10(14)18-11(15)4-6/h1-5H,(H,17,19). The van der Waals surface area contributed by atoms with Crippen LogP contribution in [-0.2, 0) is 0 Å². The van der Waals surface area contributed by atoms with E-state index in [9.17, 15) is 4.79 Å². The first-order valence-electron chi connectivity index (χ1n) is 5.05. The van der Waals surface area contributed by atoms with Gasteiger partial charge in [0.1, 0.15) is 10.3 Å². The van der Waals surface area contributed by atoms with Gasteiger partial charge in [0.2, 0.25) is 0 Å². The molecule has 7 heteroatoms. The van der Waals surface area contributed by atoms with Crippen molar-refractivity contribution in [2.24, 2.45) is 0 Å². The van der Waals surface area contributed by atoms with Gasteiger partial charge in [0, 0.05) is 9.13 Å². The van der Waals surface area contributed by atoms with Crippen LogP contribution < -0.4 is 5.32 Å². The molecule has 19 heavy (non-hydrogen) atoms. The summed E-state index contributed by atoms with van der Waals surface area (Å²) in [6, 6.07) is 8.19. The number of anilines is 1. The van der Waals surface area contributed by atoms with Gasteiger partial charge < -0.3 is 5.32 Å². The summed E-state index contributed by atoms with van der Waals surface area (Å²) in [4.78, 5) is 15.8. The molecule has 2 aromatic rings. The van der Waals surface area contributed by atoms with Crippen LogP contribution in [0.1, 0.15) is 10.4 Å². The van der Waals surface area contributed by atoms with Crippen molar-refractivity contribution in [3.05, 3.63) is 54.8 Å². The lowest BCUT2D eigenvalue weighted by Gasteiger charge is -2.08. The molecule has 0 saturated carbocycles. The van der Waals surface area contributed by atoms with Crippen LogP contribution in [0.25, 0.3) is 0 Å². The molecule has 0 radical (unpaired) electrons. The fourth-order valence-electron chi connectivity index (χ4n) is 1.38. The molecule has 0 fully saturated rings. The van der Waals surface area contributed by atoms with Crippen LogP contribution in [0.3, 0.4) is 0 Å². The van der Waals surface area contributed by atoms with Crippen molar-refractivity contribution < 1.29 is 4.79 Å². The first-order chi connectivity index (χ1) is 8.95. The van der Waals surface area contributed by atoms with Crippen LogP contribution in [0, 0.1) is 3.57 Å². The Labute approximate surface area is 138 Å². The average molecular weight is 427 g/mol. The Hall–Kier alpha value is -0.560. The molecule has 1 N–H and O–H groups in total. The number of amides is 1. The van der Waals surface area contributed by atoms with E-state index in [4.69, 9.17) is 34.8 Å². The van der Waals surface area contributed by atoms with Gasteiger partial charge >= 0.3 is 0 Å². The summed E-state index contributed by atoms with van der Waals surface area (Å²) < 4.78 is 0.982. The second kappa shape index (κ2) is 6.26. The lowest BCUT2D eigenvalue weighted by molar-refractivity contribution is 0.102. The molecular formula is C12H6Cl3IN2O. The third kappa shape index (κ3) is 3.95. The molecule has 3 nitrogen and oxygen atoms in total. The van der Waals surface area contributed by atoms with Crippen molar-refractivity contribution >= 4 is 69.0 Å². The van der Waals surface area contributed by atoms with Crippen LogP contribution in [0.2, 0.25) is 15.3 Å². The average Bonchev–Trinajstić information content (AvgIpc) is 2.31. The molecule has 2 rings (SSSR count). The van der Waals surface area contributed by atoms with Crippen LogP contribution in [0.4, 0.5) is 5.69 Å². The highest BCUT2D eigenvalue weighted by Gasteiger charge is 2.11. The second-order valence-corrected chi connectivity index (χ2v) is 6.01. The van der Waals surface area contributed by atoms with Gasteiger partial charge in [0.25, 0.3) is 5.91 Å². The van der Waals surface area contributed by atoms with E-state index in [1.54, 1.807) is 12.1 Å². The molecule has 0 aliphatic rings. The van der Waals surface area contributed by atoms with Crippen molar-refractivity contribution in [1.82, 2.24) is 4.98 Å². The summed E-state index contributed by atoms with van der Waals surface area (Å²) in [6.07, 6.45) is 0. The number of pyridine rings is 1. The third-order valence-electron chi connectivity index (χ3n) is 2.20. The number of rotatable bonds is 2. The summed E-state index contributed by atoms with van der Waals surface area (Å²) in [5, 5.41) is 3.47. The Morgan fingerprint density at radius 1 is 1.11 bits per heavy atom. The number of benzene rings is 1. The van der Waals surface area contributed by atoms with Gasteiger partial charge in [-0.1, -0.05) is 34.8 Å². The van der Waals surface area contributed by atoms with Crippen molar-refractivity contribution in [2.75, 3.05) is 5.32 Å². The van der Waals surface area contributed by atoms with Crippen molar-refractivity contribution in [2.45, 2.75) is 0 Å². The smallest absolute Gasteiger partial charge is 0.255 e. The third-order valence-corrected chi connectivity index (χ3v) is 3.58. The van der Waals surface area contributed by atoms with E-state index in [0.717, 1.165) is 3.57 Å². The highest BCUT2D eigenvalue weighted by molar-refractivity contribution is 14.1. The maximum atomic E-state index is 12.0. The van der Waals surface area contributed by atoms with E-state index in [-0.39, 0.29) is 16.2 Å². The maximum Gasteiger partial charge on any atom is 0.255 e. The highest BCUT2D eigenvalue weighted by atomic mass is 127. The van der Waals surface area contributed by atoms with Crippen LogP contribution in [0.5, 0.6) is 0 Å². The Balaban J connectivity index is 2.25. The van der Waals surface area contributed by atoms with E-state index in [1.807, 2.05) is 6.07 Å². The highest BCUT2D eigenvalue weighted by Crippen LogP contribution is 2.25. The van der Waals surface area contributed by atoms with E-state index in [0.29, 0.717) is 16.3 Å². The van der Waals surface area contributed by atoms with E-state index >= 15 is 0 Å². The zero-order chi connectivity index (χ0) is 14.0. The quantitative estimate of drug-likeness (QED) is 0.547. The molecule has 1 amide bonds. The molecule has 1 aromatic heterocycles. The normalized spacial score (nSPS) is 10.3. The summed E-state index contributed by atoms with van der Waals surface area (Å²) in [6.45, 7) is 0. The minimum Gasteiger partial charge on any atom is -0.321 e. The number of nitrogens with one attached hydrogen (secondary N) is 1. The molecule has 98 valence electrons. The monoisotopic (exact) mass is 426 g/mol. The zero-order valence-electron chi connectivity index (χ0n) is 9.25. The number of carbonyl (C=O) groups excluding carboxylic acids is 1. The van der Waals surface area contributed by atoms with Gasteiger partial charge in [-0.05, 0) is 52.9 Å². The zero-order valence-corrected chi connectivity index (χ0v) is 13.7. The van der Waals surface area contributed by atoms with E-state index in [2.05, 4.69) is 32.9 Å². The topological polar surface area (TPSA) is 42.0 Å².